The van der Waals surface area contributed by atoms with Gasteiger partial charge in [0.15, 0.2) is 75.0 Å². The van der Waals surface area contributed by atoms with E-state index in [-0.39, 0.29) is 126 Å². The van der Waals surface area contributed by atoms with Crippen LogP contribution in [0.15, 0.2) is 122 Å². The smallest absolute Gasteiger partial charge is 0.345 e. The second-order valence-corrected chi connectivity index (χ2v) is 42.8. The molecule has 8 unspecified atom stereocenters. The van der Waals surface area contributed by atoms with Gasteiger partial charge in [-0.15, -0.1) is 22.7 Å². The van der Waals surface area contributed by atoms with E-state index in [0.717, 1.165) is 157 Å². The van der Waals surface area contributed by atoms with E-state index >= 15 is 17.6 Å². The lowest BCUT2D eigenvalue weighted by atomic mass is 9.61. The average molecular weight is 2080 g/mol. The molecular weight excluding hydrogens is 1980 g/mol. The highest BCUT2D eigenvalue weighted by Crippen LogP contribution is 2.53. The molecule has 29 rings (SSSR count). The van der Waals surface area contributed by atoms with Crippen LogP contribution in [0.1, 0.15) is 136 Å². The molecule has 13 fully saturated rings. The van der Waals surface area contributed by atoms with E-state index in [1.165, 1.54) is 71.9 Å². The minimum Gasteiger partial charge on any atom is -0.481 e. The number of nitrogens with one attached hydrogen (secondary N) is 9. The Morgan fingerprint density at radius 1 is 0.399 bits per heavy atom. The van der Waals surface area contributed by atoms with Crippen molar-refractivity contribution in [3.05, 3.63) is 173 Å². The average Bonchev–Trinajstić information content (AvgIpc) is 1.46. The molecule has 46 heteroatoms. The summed E-state index contributed by atoms with van der Waals surface area (Å²) < 4.78 is 122. The molecule has 16 aromatic rings. The van der Waals surface area contributed by atoms with Crippen molar-refractivity contribution >= 4 is 132 Å². The number of H-pyrrole nitrogens is 5. The number of aliphatic carboxylic acids is 4. The van der Waals surface area contributed by atoms with Crippen LogP contribution in [0.25, 0.3) is 133 Å². The van der Waals surface area contributed by atoms with Gasteiger partial charge in [-0.3, -0.25) is 23.9 Å². The number of anilines is 4. The number of rotatable bonds is 25. The highest BCUT2D eigenvalue weighted by molar-refractivity contribution is 7.98. The number of halogens is 8. The minimum atomic E-state index is -1.15. The fourth-order valence-electron chi connectivity index (χ4n) is 23.7. The van der Waals surface area contributed by atoms with Crippen molar-refractivity contribution in [1.29, 1.82) is 0 Å². The van der Waals surface area contributed by atoms with Crippen LogP contribution in [-0.4, -0.2) is 204 Å². The van der Waals surface area contributed by atoms with E-state index in [4.69, 9.17) is 0 Å². The molecule has 0 aliphatic heterocycles. The first-order valence-electron chi connectivity index (χ1n) is 49.0. The molecule has 16 heterocycles. The number of pyridine rings is 4. The molecular formula is C102H97F8N25O10S3. The Balaban J connectivity index is 0.000000112. The normalized spacial score (nSPS) is 23.5. The zero-order valence-electron chi connectivity index (χ0n) is 79.4. The number of aromatic nitrogens is 20. The summed E-state index contributed by atoms with van der Waals surface area (Å²) in [5, 5.41) is 68.7. The molecule has 0 radical (unpaired) electrons. The zero-order valence-corrected chi connectivity index (χ0v) is 81.9. The second-order valence-electron chi connectivity index (χ2n) is 39.8. The van der Waals surface area contributed by atoms with Crippen molar-refractivity contribution in [2.24, 2.45) is 71.0 Å². The summed E-state index contributed by atoms with van der Waals surface area (Å²) in [7, 11) is 3.93. The largest absolute Gasteiger partial charge is 0.481 e. The monoisotopic (exact) mass is 2080 g/mol. The first-order chi connectivity index (χ1) is 71.5. The summed E-state index contributed by atoms with van der Waals surface area (Å²) in [6.45, 7) is 0.703. The zero-order chi connectivity index (χ0) is 103. The quantitative estimate of drug-likeness (QED) is 0.0187. The number of aromatic carboxylic acids is 1. The Morgan fingerprint density at radius 2 is 0.723 bits per heavy atom. The van der Waals surface area contributed by atoms with Crippen LogP contribution in [0, 0.1) is 118 Å². The molecule has 8 atom stereocenters. The number of thiophene rings is 2. The number of aromatic amines is 5. The highest BCUT2D eigenvalue weighted by atomic mass is 32.2. The minimum absolute atomic E-state index is 0.00178. The van der Waals surface area contributed by atoms with E-state index in [2.05, 4.69) is 116 Å². The van der Waals surface area contributed by atoms with Crippen LogP contribution < -0.4 is 21.3 Å². The lowest BCUT2D eigenvalue weighted by Crippen LogP contribution is -2.51. The van der Waals surface area contributed by atoms with E-state index < -0.39 is 124 Å². The Labute approximate surface area is 848 Å². The van der Waals surface area contributed by atoms with Crippen molar-refractivity contribution in [2.75, 3.05) is 41.6 Å². The molecule has 0 spiro atoms. The van der Waals surface area contributed by atoms with E-state index in [0.29, 0.717) is 100 Å². The van der Waals surface area contributed by atoms with Gasteiger partial charge in [0.1, 0.15) is 73.5 Å². The number of nitrogens with zero attached hydrogens (tertiary/aromatic N) is 16. The van der Waals surface area contributed by atoms with E-state index in [1.54, 1.807) is 31.0 Å². The summed E-state index contributed by atoms with van der Waals surface area (Å²) >= 11 is 3.67. The van der Waals surface area contributed by atoms with Crippen LogP contribution in [0.3, 0.4) is 0 Å². The van der Waals surface area contributed by atoms with Gasteiger partial charge in [0.2, 0.25) is 0 Å². The van der Waals surface area contributed by atoms with E-state index in [1.807, 2.05) is 42.1 Å². The SMILES string of the molecule is CN(C)Cc1ccc(-c2nc(-c3c[nH]c4ncc(F)cc34)nc(NC3C4CCC(CC4)C3C(=O)O)c2F)s1.CSc1ncc(-c2nc(-c3c[nH]c4ncc(F)cc34)nc(NC3C4CCC(CC4)C3C(=O)O)c2F)[nH]1.O=C(O)C1C2CCC(CC2)C1Nc1nc(-c2c[nH]c3ncc(F)cc23)nc(-c2cnn(C3CC3)c2)c1F.O=C(O)c1ccc(-c2nc(-c3c[nH]c4ncc(F)cc34)nc(NC3C4CCC(CC4)C3C(=O)O)c2F)s1. The number of carbonyl (C=O) groups is 5. The number of fused-ring (bicyclic) bond motifs is 16. The number of hydrogen-bond acceptors (Lipinski definition) is 27. The molecule has 14 N–H and O–H groups in total. The second kappa shape index (κ2) is 40.1. The van der Waals surface area contributed by atoms with Gasteiger partial charge in [0, 0.05) is 116 Å². The maximum Gasteiger partial charge on any atom is 0.345 e. The third-order valence-electron chi connectivity index (χ3n) is 30.8. The standard InChI is InChI=1S/C27H28F2N6O2S.C26H25F2N7O2.C25H21F2N5O4S.C24H23F2N7O2S/c1-35(2)12-16-7-8-19(38-16)23-21(29)26(32-22-14-5-3-13(4-6-14)20(22)27(36)37)34-25(33-23)18-11-31-24-17(18)9-15(28)10-30-24;27-15-7-17-18(10-30-23(17)29-9-15)24-33-22(14-8-31-35(11-14)16-5-6-16)20(28)25(34-24)32-21-13-3-1-12(2-4-13)19(21)26(36)37;26-12-7-13-14(9-29-21(13)28-8-12)22-31-20(15-5-6-16(37-15)24(33)34)18(27)23(32-22)30-19-11-3-1-10(2-4-11)17(19)25(35)36;1-36-24-29-9-15(30-24)19-17(26)22(31-18-11-4-2-10(3-5-11)16(18)23(34)35)33-21(32-19)14-8-28-20-13(14)6-12(25)7-27-20/h7-11,13-14,20,22H,3-6,12H2,1-2H3,(H,30,31)(H,36,37)(H,32,33,34);7-13,16,19,21H,1-6H2,(H,29,30)(H,36,37)(H,32,33,34);5-11,17,19H,1-4H2,(H,28,29)(H,33,34)(H,35,36)(H,30,31,32);6-11,16,18H,2-5H2,1H3,(H,27,28)(H,29,30)(H,34,35)(H,31,32,33). The Hall–Kier alpha value is -14.8. The molecule has 35 nitrogen and oxygen atoms in total. The van der Waals surface area contributed by atoms with Gasteiger partial charge in [0.05, 0.1) is 82.3 Å². The molecule has 13 aliphatic rings. The van der Waals surface area contributed by atoms with Gasteiger partial charge in [-0.05, 0) is 232 Å². The van der Waals surface area contributed by atoms with Crippen molar-refractivity contribution in [3.63, 3.8) is 0 Å². The maximum atomic E-state index is 16.1. The fourth-order valence-corrected chi connectivity index (χ4v) is 26.0. The number of carboxylic acid groups (broad SMARTS) is 5. The lowest BCUT2D eigenvalue weighted by molar-refractivity contribution is -0.149. The van der Waals surface area contributed by atoms with Crippen LogP contribution in [-0.2, 0) is 25.7 Å². The predicted molar refractivity (Wildman–Crippen MR) is 534 cm³/mol. The third kappa shape index (κ3) is 19.0. The van der Waals surface area contributed by atoms with Crippen LogP contribution in [0.5, 0.6) is 0 Å². The molecule has 13 aliphatic carbocycles. The van der Waals surface area contributed by atoms with Crippen molar-refractivity contribution < 1.29 is 84.6 Å². The summed E-state index contributed by atoms with van der Waals surface area (Å²) in [4.78, 5) is 136. The van der Waals surface area contributed by atoms with E-state index in [9.17, 15) is 67.1 Å². The predicted octanol–water partition coefficient (Wildman–Crippen LogP) is 19.9. The molecule has 764 valence electrons. The molecule has 8 bridgehead atoms. The Bertz CT molecular complexity index is 7850. The number of thioether (sulfide) groups is 1. The molecule has 148 heavy (non-hydrogen) atoms. The van der Waals surface area contributed by atoms with Crippen molar-refractivity contribution in [2.45, 2.75) is 157 Å². The fraction of sp³-hybridized carbons (Fsp3) is 0.382. The van der Waals surface area contributed by atoms with Crippen LogP contribution >= 0.6 is 34.4 Å². The molecule has 16 aromatic heterocycles. The molecule has 0 amide bonds. The van der Waals surface area contributed by atoms with Crippen LogP contribution in [0.4, 0.5) is 58.4 Å². The Kier molecular flexibility index (Phi) is 26.5. The van der Waals surface area contributed by atoms with Crippen LogP contribution in [0.2, 0.25) is 0 Å². The summed E-state index contributed by atoms with van der Waals surface area (Å²) in [5.41, 5.74) is 4.44. The summed E-state index contributed by atoms with van der Waals surface area (Å²) in [6, 6.07) is 10.3. The molecule has 13 saturated carbocycles. The van der Waals surface area contributed by atoms with Crippen molar-refractivity contribution in [1.82, 2.24) is 104 Å². The van der Waals surface area contributed by atoms with Gasteiger partial charge in [-0.1, -0.05) is 11.8 Å². The van der Waals surface area contributed by atoms with Gasteiger partial charge in [-0.25, -0.2) is 105 Å². The van der Waals surface area contributed by atoms with Gasteiger partial charge in [-0.2, -0.15) is 5.10 Å². The van der Waals surface area contributed by atoms with Gasteiger partial charge < -0.3 is 76.6 Å². The topological polar surface area (TPSA) is 502 Å². The first-order valence-corrected chi connectivity index (χ1v) is 51.8. The maximum absolute atomic E-state index is 16.1. The van der Waals surface area contributed by atoms with Gasteiger partial charge in [0.25, 0.3) is 0 Å². The first kappa shape index (κ1) is 97.9. The van der Waals surface area contributed by atoms with Crippen molar-refractivity contribution in [3.8, 4) is 89.3 Å². The molecule has 0 saturated heterocycles. The lowest BCUT2D eigenvalue weighted by Gasteiger charge is -2.47. The Morgan fingerprint density at radius 3 is 1.05 bits per heavy atom. The highest BCUT2D eigenvalue weighted by Gasteiger charge is 2.53. The number of hydrogen-bond donors (Lipinski definition) is 14. The summed E-state index contributed by atoms with van der Waals surface area (Å²) in [5.74, 6) is -11.3. The number of carboxylic acids is 5. The summed E-state index contributed by atoms with van der Waals surface area (Å²) in [6.07, 6.45) is 33.5. The third-order valence-corrected chi connectivity index (χ3v) is 33.6. The number of imidazole rings is 1. The molecule has 0 aromatic carbocycles. The van der Waals surface area contributed by atoms with Gasteiger partial charge >= 0.3 is 29.8 Å².